The first kappa shape index (κ1) is 17.0. The minimum absolute atomic E-state index is 0.0109. The summed E-state index contributed by atoms with van der Waals surface area (Å²) in [5, 5.41) is 2.86. The number of ether oxygens (including phenoxy) is 1. The molecule has 3 N–H and O–H groups in total. The third-order valence-corrected chi connectivity index (χ3v) is 4.04. The van der Waals surface area contributed by atoms with Crippen LogP contribution in [0.25, 0.3) is 0 Å². The summed E-state index contributed by atoms with van der Waals surface area (Å²) in [5.41, 5.74) is 5.88. The van der Waals surface area contributed by atoms with Crippen molar-refractivity contribution < 1.29 is 18.7 Å². The number of nitrogens with zero attached hydrogens (tertiary/aromatic N) is 1. The van der Waals surface area contributed by atoms with E-state index < -0.39 is 0 Å². The molecule has 3 rings (SSSR count). The first-order valence-electron chi connectivity index (χ1n) is 8.19. The van der Waals surface area contributed by atoms with Gasteiger partial charge in [0.25, 0.3) is 5.91 Å². The molecule has 25 heavy (non-hydrogen) atoms. The Balaban J connectivity index is 1.46. The Kier molecular flexibility index (Phi) is 5.35. The van der Waals surface area contributed by atoms with Crippen LogP contribution in [0.5, 0.6) is 5.75 Å². The molecule has 1 aliphatic rings. The number of carbonyl (C=O) groups is 2. The number of furan rings is 1. The average Bonchev–Trinajstić information content (AvgIpc) is 3.23. The van der Waals surface area contributed by atoms with E-state index in [2.05, 4.69) is 5.32 Å². The van der Waals surface area contributed by atoms with Crippen LogP contribution in [-0.4, -0.2) is 42.5 Å². The number of nitrogens with two attached hydrogens (primary N) is 1. The number of para-hydroxylation sites is 1. The van der Waals surface area contributed by atoms with Crippen LogP contribution >= 0.6 is 0 Å². The fourth-order valence-corrected chi connectivity index (χ4v) is 2.75. The summed E-state index contributed by atoms with van der Waals surface area (Å²) in [6, 6.07) is 10.8. The molecule has 2 heterocycles. The Morgan fingerprint density at radius 2 is 2.16 bits per heavy atom. The fraction of sp³-hybridized carbons (Fsp3) is 0.333. The van der Waals surface area contributed by atoms with E-state index in [0.717, 1.165) is 5.75 Å². The molecule has 7 nitrogen and oxygen atoms in total. The van der Waals surface area contributed by atoms with Gasteiger partial charge in [-0.2, -0.15) is 0 Å². The van der Waals surface area contributed by atoms with E-state index >= 15 is 0 Å². The lowest BCUT2D eigenvalue weighted by Crippen LogP contribution is -2.37. The maximum atomic E-state index is 12.2. The molecule has 0 bridgehead atoms. The predicted molar refractivity (Wildman–Crippen MR) is 91.0 cm³/mol. The van der Waals surface area contributed by atoms with Crippen molar-refractivity contribution in [3.8, 4) is 5.75 Å². The first-order valence-corrected chi connectivity index (χ1v) is 8.19. The van der Waals surface area contributed by atoms with Crippen molar-refractivity contribution in [1.82, 2.24) is 10.2 Å². The van der Waals surface area contributed by atoms with E-state index in [1.807, 2.05) is 30.3 Å². The lowest BCUT2D eigenvalue weighted by Gasteiger charge is -2.17. The third-order valence-electron chi connectivity index (χ3n) is 4.04. The highest BCUT2D eigenvalue weighted by molar-refractivity contribution is 5.94. The lowest BCUT2D eigenvalue weighted by molar-refractivity contribution is -0.128. The highest BCUT2D eigenvalue weighted by Crippen LogP contribution is 2.14. The van der Waals surface area contributed by atoms with Gasteiger partial charge in [-0.05, 0) is 18.2 Å². The second-order valence-corrected chi connectivity index (χ2v) is 5.88. The molecule has 0 saturated carbocycles. The Morgan fingerprint density at radius 3 is 2.88 bits per heavy atom. The topological polar surface area (TPSA) is 97.8 Å². The minimum Gasteiger partial charge on any atom is -0.492 e. The van der Waals surface area contributed by atoms with Crippen LogP contribution in [0.15, 0.2) is 47.1 Å². The normalized spacial score (nSPS) is 16.9. The fourth-order valence-electron chi connectivity index (χ4n) is 2.75. The maximum Gasteiger partial charge on any atom is 0.254 e. The van der Waals surface area contributed by atoms with Gasteiger partial charge in [0.15, 0.2) is 0 Å². The van der Waals surface area contributed by atoms with Gasteiger partial charge < -0.3 is 25.1 Å². The van der Waals surface area contributed by atoms with Gasteiger partial charge in [-0.25, -0.2) is 0 Å². The number of amides is 2. The molecular weight excluding hydrogens is 322 g/mol. The summed E-state index contributed by atoms with van der Waals surface area (Å²) in [6.07, 6.45) is 1.67. The number of benzene rings is 1. The Hall–Kier alpha value is -2.80. The highest BCUT2D eigenvalue weighted by atomic mass is 16.5. The summed E-state index contributed by atoms with van der Waals surface area (Å²) >= 11 is 0. The summed E-state index contributed by atoms with van der Waals surface area (Å²) < 4.78 is 10.8. The van der Waals surface area contributed by atoms with E-state index in [-0.39, 0.29) is 24.4 Å². The molecule has 7 heteroatoms. The monoisotopic (exact) mass is 343 g/mol. The molecule has 1 atom stereocenters. The van der Waals surface area contributed by atoms with Crippen LogP contribution in [0.1, 0.15) is 22.5 Å². The van der Waals surface area contributed by atoms with Crippen LogP contribution in [-0.2, 0) is 11.3 Å². The molecule has 2 amide bonds. The van der Waals surface area contributed by atoms with E-state index in [1.165, 1.54) is 6.26 Å². The van der Waals surface area contributed by atoms with Crippen LogP contribution in [0.4, 0.5) is 0 Å². The molecule has 1 aromatic heterocycles. The average molecular weight is 343 g/mol. The highest BCUT2D eigenvalue weighted by Gasteiger charge is 2.30. The molecule has 1 saturated heterocycles. The molecule has 1 aliphatic heterocycles. The molecule has 1 fully saturated rings. The Labute approximate surface area is 145 Å². The molecule has 0 aliphatic carbocycles. The van der Waals surface area contributed by atoms with Crippen LogP contribution in [0, 0.1) is 0 Å². The molecule has 0 spiro atoms. The van der Waals surface area contributed by atoms with Gasteiger partial charge >= 0.3 is 0 Å². The zero-order chi connectivity index (χ0) is 17.6. The van der Waals surface area contributed by atoms with Crippen LogP contribution in [0.2, 0.25) is 0 Å². The molecule has 1 aromatic carbocycles. The van der Waals surface area contributed by atoms with Crippen molar-refractivity contribution in [2.24, 2.45) is 5.73 Å². The SMILES string of the molecule is NCc1cc(C(=O)NC2CC(=O)N(CCOc3ccccc3)C2)co1. The summed E-state index contributed by atoms with van der Waals surface area (Å²) in [7, 11) is 0. The quantitative estimate of drug-likeness (QED) is 0.786. The number of rotatable bonds is 7. The van der Waals surface area contributed by atoms with Gasteiger partial charge in [-0.15, -0.1) is 0 Å². The number of likely N-dealkylation sites (tertiary alicyclic amines) is 1. The van der Waals surface area contributed by atoms with E-state index in [0.29, 0.717) is 37.4 Å². The van der Waals surface area contributed by atoms with Gasteiger partial charge in [0.2, 0.25) is 5.91 Å². The largest absolute Gasteiger partial charge is 0.492 e. The van der Waals surface area contributed by atoms with Gasteiger partial charge in [0.05, 0.1) is 24.7 Å². The van der Waals surface area contributed by atoms with Crippen LogP contribution < -0.4 is 15.8 Å². The van der Waals surface area contributed by atoms with Crippen molar-refractivity contribution in [1.29, 1.82) is 0 Å². The second kappa shape index (κ2) is 7.85. The lowest BCUT2D eigenvalue weighted by atomic mass is 10.2. The molecular formula is C18H21N3O4. The van der Waals surface area contributed by atoms with Gasteiger partial charge in [0, 0.05) is 13.0 Å². The number of nitrogens with one attached hydrogen (secondary N) is 1. The number of hydrogen-bond acceptors (Lipinski definition) is 5. The number of carbonyl (C=O) groups excluding carboxylic acids is 2. The first-order chi connectivity index (χ1) is 12.2. The predicted octanol–water partition coefficient (Wildman–Crippen LogP) is 1.15. The van der Waals surface area contributed by atoms with Crippen molar-refractivity contribution in [2.75, 3.05) is 19.7 Å². The van der Waals surface area contributed by atoms with Gasteiger partial charge in [-0.3, -0.25) is 9.59 Å². The maximum absolute atomic E-state index is 12.2. The molecule has 132 valence electrons. The zero-order valence-electron chi connectivity index (χ0n) is 13.8. The van der Waals surface area contributed by atoms with E-state index in [9.17, 15) is 9.59 Å². The molecule has 1 unspecified atom stereocenters. The zero-order valence-corrected chi connectivity index (χ0v) is 13.8. The standard InChI is InChI=1S/C18H21N3O4/c19-10-16-8-13(12-25-16)18(23)20-14-9-17(22)21(11-14)6-7-24-15-4-2-1-3-5-15/h1-5,8,12,14H,6-7,9-11,19H2,(H,20,23). The third kappa shape index (κ3) is 4.39. The van der Waals surface area contributed by atoms with Gasteiger partial charge in [0.1, 0.15) is 24.4 Å². The van der Waals surface area contributed by atoms with Crippen molar-refractivity contribution in [2.45, 2.75) is 19.0 Å². The van der Waals surface area contributed by atoms with Crippen molar-refractivity contribution in [3.63, 3.8) is 0 Å². The number of hydrogen-bond donors (Lipinski definition) is 2. The Bertz CT molecular complexity index is 729. The minimum atomic E-state index is -0.261. The van der Waals surface area contributed by atoms with Crippen LogP contribution in [0.3, 0.4) is 0 Å². The summed E-state index contributed by atoms with van der Waals surface area (Å²) in [5.74, 6) is 1.07. The summed E-state index contributed by atoms with van der Waals surface area (Å²) in [6.45, 7) is 1.62. The molecule has 0 radical (unpaired) electrons. The van der Waals surface area contributed by atoms with Crippen molar-refractivity contribution >= 4 is 11.8 Å². The Morgan fingerprint density at radius 1 is 1.36 bits per heavy atom. The van der Waals surface area contributed by atoms with Crippen molar-refractivity contribution in [3.05, 3.63) is 54.0 Å². The summed E-state index contributed by atoms with van der Waals surface area (Å²) in [4.78, 5) is 26.0. The molecule has 2 aromatic rings. The smallest absolute Gasteiger partial charge is 0.254 e. The van der Waals surface area contributed by atoms with Gasteiger partial charge in [-0.1, -0.05) is 18.2 Å². The second-order valence-electron chi connectivity index (χ2n) is 5.88. The van der Waals surface area contributed by atoms with E-state index in [4.69, 9.17) is 14.9 Å². The van der Waals surface area contributed by atoms with E-state index in [1.54, 1.807) is 11.0 Å².